The zero-order chi connectivity index (χ0) is 19.1. The minimum absolute atomic E-state index is 0.0544. The van der Waals surface area contributed by atoms with E-state index in [9.17, 15) is 14.9 Å². The Morgan fingerprint density at radius 2 is 1.92 bits per heavy atom. The van der Waals surface area contributed by atoms with Gasteiger partial charge < -0.3 is 10.6 Å². The number of nitriles is 1. The summed E-state index contributed by atoms with van der Waals surface area (Å²) in [5, 5.41) is 15.4. The maximum absolute atomic E-state index is 12.2. The molecule has 0 aliphatic carbocycles. The molecule has 26 heavy (non-hydrogen) atoms. The molecule has 0 aliphatic heterocycles. The summed E-state index contributed by atoms with van der Waals surface area (Å²) in [6.07, 6.45) is 0.871. The largest absolute Gasteiger partial charge is 0.380 e. The summed E-state index contributed by atoms with van der Waals surface area (Å²) >= 11 is 0. The summed E-state index contributed by atoms with van der Waals surface area (Å²) in [5.41, 5.74) is 3.14. The molecular weight excluding hydrogens is 326 g/mol. The highest BCUT2D eigenvalue weighted by molar-refractivity contribution is 5.95. The van der Waals surface area contributed by atoms with Gasteiger partial charge in [0.05, 0.1) is 11.3 Å². The van der Waals surface area contributed by atoms with E-state index in [4.69, 9.17) is 0 Å². The molecular formula is C21H23N3O2. The van der Waals surface area contributed by atoms with E-state index in [0.29, 0.717) is 28.9 Å². The standard InChI is InChI=1S/C21H23N3O2/c1-4-14(2)24-21(26)18-7-5-6-16(10-18)13-23-20-11-17(15(3)25)8-9-19(20)12-22/h5-11,14,23H,4,13H2,1-3H3,(H,24,26). The number of anilines is 1. The number of Topliss-reactive ketones (excluding diaryl/α,β-unsaturated/α-hetero) is 1. The predicted molar refractivity (Wildman–Crippen MR) is 102 cm³/mol. The first-order valence-corrected chi connectivity index (χ1v) is 8.63. The number of rotatable bonds is 7. The van der Waals surface area contributed by atoms with E-state index >= 15 is 0 Å². The molecule has 2 rings (SSSR count). The van der Waals surface area contributed by atoms with Crippen LogP contribution >= 0.6 is 0 Å². The third-order valence-corrected chi connectivity index (χ3v) is 4.21. The molecule has 0 saturated carbocycles. The quantitative estimate of drug-likeness (QED) is 0.743. The van der Waals surface area contributed by atoms with Crippen molar-refractivity contribution in [3.05, 3.63) is 64.7 Å². The normalized spacial score (nSPS) is 11.3. The van der Waals surface area contributed by atoms with Crippen LogP contribution in [0.3, 0.4) is 0 Å². The molecule has 0 saturated heterocycles. The zero-order valence-electron chi connectivity index (χ0n) is 15.3. The summed E-state index contributed by atoms with van der Waals surface area (Å²) in [7, 11) is 0. The van der Waals surface area contributed by atoms with E-state index in [2.05, 4.69) is 16.7 Å². The van der Waals surface area contributed by atoms with Gasteiger partial charge in [-0.05, 0) is 56.2 Å². The van der Waals surface area contributed by atoms with Gasteiger partial charge in [-0.15, -0.1) is 0 Å². The molecule has 0 bridgehead atoms. The van der Waals surface area contributed by atoms with Crippen molar-refractivity contribution in [2.24, 2.45) is 0 Å². The number of carbonyl (C=O) groups is 2. The van der Waals surface area contributed by atoms with Gasteiger partial charge in [-0.1, -0.05) is 19.1 Å². The van der Waals surface area contributed by atoms with Crippen LogP contribution in [-0.4, -0.2) is 17.7 Å². The van der Waals surface area contributed by atoms with Crippen molar-refractivity contribution >= 4 is 17.4 Å². The third kappa shape index (κ3) is 4.93. The number of hydrogen-bond acceptors (Lipinski definition) is 4. The molecule has 0 aromatic heterocycles. The van der Waals surface area contributed by atoms with Crippen LogP contribution in [0, 0.1) is 11.3 Å². The Morgan fingerprint density at radius 1 is 1.15 bits per heavy atom. The Hall–Kier alpha value is -3.13. The Bertz CT molecular complexity index is 853. The highest BCUT2D eigenvalue weighted by Gasteiger charge is 2.10. The SMILES string of the molecule is CCC(C)NC(=O)c1cccc(CNc2cc(C(C)=O)ccc2C#N)c1. The van der Waals surface area contributed by atoms with E-state index in [1.165, 1.54) is 6.92 Å². The van der Waals surface area contributed by atoms with E-state index < -0.39 is 0 Å². The summed E-state index contributed by atoms with van der Waals surface area (Å²) in [4.78, 5) is 23.8. The van der Waals surface area contributed by atoms with Crippen molar-refractivity contribution in [2.75, 3.05) is 5.32 Å². The summed E-state index contributed by atoms with van der Waals surface area (Å²) < 4.78 is 0. The van der Waals surface area contributed by atoms with Crippen molar-refractivity contribution in [1.82, 2.24) is 5.32 Å². The van der Waals surface area contributed by atoms with Gasteiger partial charge in [-0.2, -0.15) is 5.26 Å². The minimum Gasteiger partial charge on any atom is -0.380 e. The molecule has 1 atom stereocenters. The number of benzene rings is 2. The third-order valence-electron chi connectivity index (χ3n) is 4.21. The lowest BCUT2D eigenvalue weighted by molar-refractivity contribution is 0.0938. The Labute approximate surface area is 154 Å². The van der Waals surface area contributed by atoms with Crippen molar-refractivity contribution in [3.8, 4) is 6.07 Å². The zero-order valence-corrected chi connectivity index (χ0v) is 15.3. The molecule has 0 heterocycles. The van der Waals surface area contributed by atoms with Crippen LogP contribution in [0.25, 0.3) is 0 Å². The van der Waals surface area contributed by atoms with Gasteiger partial charge in [0.25, 0.3) is 5.91 Å². The van der Waals surface area contributed by atoms with Crippen LogP contribution in [0.2, 0.25) is 0 Å². The van der Waals surface area contributed by atoms with Gasteiger partial charge in [0.1, 0.15) is 6.07 Å². The first-order valence-electron chi connectivity index (χ1n) is 8.63. The molecule has 2 N–H and O–H groups in total. The van der Waals surface area contributed by atoms with Crippen LogP contribution < -0.4 is 10.6 Å². The van der Waals surface area contributed by atoms with Crippen molar-refractivity contribution in [1.29, 1.82) is 5.26 Å². The van der Waals surface area contributed by atoms with Gasteiger partial charge in [-0.25, -0.2) is 0 Å². The smallest absolute Gasteiger partial charge is 0.251 e. The summed E-state index contributed by atoms with van der Waals surface area (Å²) in [6, 6.07) is 14.5. The predicted octanol–water partition coefficient (Wildman–Crippen LogP) is 3.90. The van der Waals surface area contributed by atoms with Crippen molar-refractivity contribution in [3.63, 3.8) is 0 Å². The van der Waals surface area contributed by atoms with Gasteiger partial charge >= 0.3 is 0 Å². The van der Waals surface area contributed by atoms with E-state index in [-0.39, 0.29) is 17.7 Å². The van der Waals surface area contributed by atoms with Crippen LogP contribution in [0.15, 0.2) is 42.5 Å². The number of ketones is 1. The molecule has 2 aromatic rings. The van der Waals surface area contributed by atoms with Crippen molar-refractivity contribution in [2.45, 2.75) is 39.8 Å². The lowest BCUT2D eigenvalue weighted by Gasteiger charge is -2.13. The first kappa shape index (κ1) is 19.2. The second-order valence-electron chi connectivity index (χ2n) is 6.27. The molecule has 5 heteroatoms. The Kier molecular flexibility index (Phi) is 6.51. The highest BCUT2D eigenvalue weighted by Crippen LogP contribution is 2.19. The monoisotopic (exact) mass is 349 g/mol. The fraction of sp³-hybridized carbons (Fsp3) is 0.286. The summed E-state index contributed by atoms with van der Waals surface area (Å²) in [6.45, 7) is 5.92. The fourth-order valence-corrected chi connectivity index (χ4v) is 2.44. The Balaban J connectivity index is 2.14. The minimum atomic E-state index is -0.0995. The Morgan fingerprint density at radius 3 is 2.58 bits per heavy atom. The maximum Gasteiger partial charge on any atom is 0.251 e. The number of nitrogens with zero attached hydrogens (tertiary/aromatic N) is 1. The number of carbonyl (C=O) groups excluding carboxylic acids is 2. The molecule has 134 valence electrons. The van der Waals surface area contributed by atoms with Gasteiger partial charge in [-0.3, -0.25) is 9.59 Å². The van der Waals surface area contributed by atoms with Crippen LogP contribution in [0.1, 0.15) is 59.0 Å². The molecule has 0 radical (unpaired) electrons. The first-order chi connectivity index (χ1) is 12.4. The average Bonchev–Trinajstić information content (AvgIpc) is 2.66. The molecule has 1 amide bonds. The van der Waals surface area contributed by atoms with Crippen LogP contribution in [0.4, 0.5) is 5.69 Å². The lowest BCUT2D eigenvalue weighted by atomic mass is 10.1. The van der Waals surface area contributed by atoms with Crippen LogP contribution in [0.5, 0.6) is 0 Å². The molecule has 2 aromatic carbocycles. The maximum atomic E-state index is 12.2. The van der Waals surface area contributed by atoms with Gasteiger partial charge in [0.15, 0.2) is 5.78 Å². The van der Waals surface area contributed by atoms with Crippen molar-refractivity contribution < 1.29 is 9.59 Å². The second-order valence-corrected chi connectivity index (χ2v) is 6.27. The van der Waals surface area contributed by atoms with Gasteiger partial charge in [0.2, 0.25) is 0 Å². The average molecular weight is 349 g/mol. The number of nitrogens with one attached hydrogen (secondary N) is 2. The van der Waals surface area contributed by atoms with Crippen LogP contribution in [-0.2, 0) is 6.54 Å². The number of amides is 1. The molecule has 0 fully saturated rings. The fourth-order valence-electron chi connectivity index (χ4n) is 2.44. The molecule has 1 unspecified atom stereocenters. The second kappa shape index (κ2) is 8.82. The van der Waals surface area contributed by atoms with Gasteiger partial charge in [0, 0.05) is 23.7 Å². The number of hydrogen-bond donors (Lipinski definition) is 2. The summed E-state index contributed by atoms with van der Waals surface area (Å²) in [5.74, 6) is -0.154. The lowest BCUT2D eigenvalue weighted by Crippen LogP contribution is -2.31. The molecule has 0 spiro atoms. The van der Waals surface area contributed by atoms with E-state index in [1.54, 1.807) is 24.3 Å². The van der Waals surface area contributed by atoms with E-state index in [0.717, 1.165) is 12.0 Å². The molecule has 5 nitrogen and oxygen atoms in total. The molecule has 0 aliphatic rings. The highest BCUT2D eigenvalue weighted by atomic mass is 16.1. The topological polar surface area (TPSA) is 82.0 Å². The van der Waals surface area contributed by atoms with E-state index in [1.807, 2.05) is 32.0 Å².